The quantitative estimate of drug-likeness (QED) is 0.869. The highest BCUT2D eigenvalue weighted by Gasteiger charge is 2.32. The number of hydrogen-bond acceptors (Lipinski definition) is 2. The van der Waals surface area contributed by atoms with Gasteiger partial charge in [0.15, 0.2) is 0 Å². The third-order valence-electron chi connectivity index (χ3n) is 4.15. The first kappa shape index (κ1) is 15.7. The summed E-state index contributed by atoms with van der Waals surface area (Å²) >= 11 is 0. The summed E-state index contributed by atoms with van der Waals surface area (Å²) in [6, 6.07) is 20.4. The van der Waals surface area contributed by atoms with Gasteiger partial charge in [-0.2, -0.15) is 0 Å². The van der Waals surface area contributed by atoms with Crippen LogP contribution in [0.3, 0.4) is 0 Å². The molecule has 0 spiro atoms. The SMILES string of the molecule is CO[C@@H]([C@H](c1ccccc1)[C@@H](C)O)[C@@H](C)c1ccccc1. The Morgan fingerprint density at radius 1 is 0.810 bits per heavy atom. The summed E-state index contributed by atoms with van der Waals surface area (Å²) in [4.78, 5) is 0. The standard InChI is InChI=1S/C19H24O2/c1-14(16-10-6-4-7-11-16)19(21-3)18(15(2)20)17-12-8-5-9-13-17/h4-15,18-20H,1-3H3/t14-,15+,18-,19+/m0/s1. The highest BCUT2D eigenvalue weighted by atomic mass is 16.5. The summed E-state index contributed by atoms with van der Waals surface area (Å²) in [7, 11) is 1.72. The van der Waals surface area contributed by atoms with Crippen molar-refractivity contribution in [3.8, 4) is 0 Å². The van der Waals surface area contributed by atoms with Gasteiger partial charge in [-0.25, -0.2) is 0 Å². The number of rotatable bonds is 6. The summed E-state index contributed by atoms with van der Waals surface area (Å²) in [6.07, 6.45) is -0.543. The van der Waals surface area contributed by atoms with Crippen molar-refractivity contribution < 1.29 is 9.84 Å². The molecular weight excluding hydrogens is 260 g/mol. The molecule has 0 heterocycles. The van der Waals surface area contributed by atoms with E-state index >= 15 is 0 Å². The molecule has 1 N–H and O–H groups in total. The van der Waals surface area contributed by atoms with Crippen LogP contribution >= 0.6 is 0 Å². The van der Waals surface area contributed by atoms with E-state index in [-0.39, 0.29) is 17.9 Å². The molecule has 2 aromatic carbocycles. The van der Waals surface area contributed by atoms with Crippen LogP contribution < -0.4 is 0 Å². The van der Waals surface area contributed by atoms with Gasteiger partial charge in [-0.1, -0.05) is 67.6 Å². The molecule has 0 bridgehead atoms. The summed E-state index contributed by atoms with van der Waals surface area (Å²) in [5.74, 6) is 0.155. The third-order valence-corrected chi connectivity index (χ3v) is 4.15. The van der Waals surface area contributed by atoms with E-state index in [0.29, 0.717) is 0 Å². The van der Waals surface area contributed by atoms with Crippen LogP contribution in [-0.4, -0.2) is 24.4 Å². The lowest BCUT2D eigenvalue weighted by Crippen LogP contribution is -2.33. The Labute approximate surface area is 127 Å². The summed E-state index contributed by atoms with van der Waals surface area (Å²) in [5.41, 5.74) is 2.34. The van der Waals surface area contributed by atoms with E-state index in [4.69, 9.17) is 4.74 Å². The highest BCUT2D eigenvalue weighted by molar-refractivity contribution is 5.26. The van der Waals surface area contributed by atoms with Crippen molar-refractivity contribution in [2.24, 2.45) is 0 Å². The zero-order chi connectivity index (χ0) is 15.2. The van der Waals surface area contributed by atoms with Crippen molar-refractivity contribution in [3.63, 3.8) is 0 Å². The summed E-state index contributed by atoms with van der Waals surface area (Å²) < 4.78 is 5.78. The van der Waals surface area contributed by atoms with Gasteiger partial charge < -0.3 is 9.84 Å². The fourth-order valence-corrected chi connectivity index (χ4v) is 3.03. The van der Waals surface area contributed by atoms with Gasteiger partial charge in [0.25, 0.3) is 0 Å². The lowest BCUT2D eigenvalue weighted by Gasteiger charge is -2.33. The maximum atomic E-state index is 10.3. The van der Waals surface area contributed by atoms with Gasteiger partial charge in [-0.15, -0.1) is 0 Å². The smallest absolute Gasteiger partial charge is 0.0730 e. The van der Waals surface area contributed by atoms with E-state index in [1.165, 1.54) is 5.56 Å². The fraction of sp³-hybridized carbons (Fsp3) is 0.368. The molecule has 21 heavy (non-hydrogen) atoms. The largest absolute Gasteiger partial charge is 0.393 e. The van der Waals surface area contributed by atoms with Crippen molar-refractivity contribution in [2.45, 2.75) is 37.9 Å². The van der Waals surface area contributed by atoms with Gasteiger partial charge in [0.1, 0.15) is 0 Å². The van der Waals surface area contributed by atoms with Gasteiger partial charge in [0.05, 0.1) is 12.2 Å². The molecule has 112 valence electrons. The van der Waals surface area contributed by atoms with Gasteiger partial charge >= 0.3 is 0 Å². The number of aliphatic hydroxyl groups is 1. The molecule has 0 radical (unpaired) electrons. The fourth-order valence-electron chi connectivity index (χ4n) is 3.03. The molecule has 0 saturated heterocycles. The van der Waals surface area contributed by atoms with Crippen LogP contribution in [0.5, 0.6) is 0 Å². The predicted octanol–water partition coefficient (Wildman–Crippen LogP) is 3.97. The molecule has 0 saturated carbocycles. The monoisotopic (exact) mass is 284 g/mol. The van der Waals surface area contributed by atoms with Crippen molar-refractivity contribution in [2.75, 3.05) is 7.11 Å². The molecule has 0 amide bonds. The van der Waals surface area contributed by atoms with Gasteiger partial charge in [0, 0.05) is 18.9 Å². The molecule has 0 unspecified atom stereocenters. The minimum absolute atomic E-state index is 0.0496. The minimum atomic E-state index is -0.469. The molecule has 2 aromatic rings. The van der Waals surface area contributed by atoms with Crippen LogP contribution in [0.15, 0.2) is 60.7 Å². The van der Waals surface area contributed by atoms with Crippen molar-refractivity contribution >= 4 is 0 Å². The average Bonchev–Trinajstić information content (AvgIpc) is 2.53. The second-order valence-electron chi connectivity index (χ2n) is 5.58. The minimum Gasteiger partial charge on any atom is -0.393 e. The maximum absolute atomic E-state index is 10.3. The van der Waals surface area contributed by atoms with E-state index in [1.54, 1.807) is 7.11 Å². The van der Waals surface area contributed by atoms with Crippen LogP contribution in [0, 0.1) is 0 Å². The molecule has 2 nitrogen and oxygen atoms in total. The second kappa shape index (κ2) is 7.39. The average molecular weight is 284 g/mol. The zero-order valence-corrected chi connectivity index (χ0v) is 12.9. The first-order valence-corrected chi connectivity index (χ1v) is 7.46. The Morgan fingerprint density at radius 2 is 1.29 bits per heavy atom. The van der Waals surface area contributed by atoms with E-state index < -0.39 is 6.10 Å². The second-order valence-corrected chi connectivity index (χ2v) is 5.58. The van der Waals surface area contributed by atoms with Crippen LogP contribution in [0.25, 0.3) is 0 Å². The third kappa shape index (κ3) is 3.72. The number of methoxy groups -OCH3 is 1. The lowest BCUT2D eigenvalue weighted by atomic mass is 9.80. The zero-order valence-electron chi connectivity index (χ0n) is 12.9. The summed E-state index contributed by atoms with van der Waals surface area (Å²) in [5, 5.41) is 10.3. The molecule has 4 atom stereocenters. The van der Waals surface area contributed by atoms with E-state index in [0.717, 1.165) is 5.56 Å². The maximum Gasteiger partial charge on any atom is 0.0730 e. The van der Waals surface area contributed by atoms with Crippen molar-refractivity contribution in [1.29, 1.82) is 0 Å². The topological polar surface area (TPSA) is 29.5 Å². The normalized spacial score (nSPS) is 17.0. The molecule has 0 aromatic heterocycles. The molecule has 0 aliphatic heterocycles. The Hall–Kier alpha value is -1.64. The van der Waals surface area contributed by atoms with E-state index in [2.05, 4.69) is 31.2 Å². The van der Waals surface area contributed by atoms with E-state index in [9.17, 15) is 5.11 Å². The molecule has 0 fully saturated rings. The van der Waals surface area contributed by atoms with Crippen LogP contribution in [0.1, 0.15) is 36.8 Å². The van der Waals surface area contributed by atoms with Crippen LogP contribution in [0.2, 0.25) is 0 Å². The van der Waals surface area contributed by atoms with Gasteiger partial charge in [-0.05, 0) is 18.1 Å². The summed E-state index contributed by atoms with van der Waals surface area (Å²) in [6.45, 7) is 3.99. The molecule has 0 aliphatic carbocycles. The number of ether oxygens (including phenoxy) is 1. The van der Waals surface area contributed by atoms with Crippen molar-refractivity contribution in [3.05, 3.63) is 71.8 Å². The van der Waals surface area contributed by atoms with Gasteiger partial charge in [0.2, 0.25) is 0 Å². The van der Waals surface area contributed by atoms with Crippen molar-refractivity contribution in [1.82, 2.24) is 0 Å². The predicted molar refractivity (Wildman–Crippen MR) is 86.5 cm³/mol. The Morgan fingerprint density at radius 3 is 1.71 bits per heavy atom. The Bertz CT molecular complexity index is 522. The Balaban J connectivity index is 2.33. The molecule has 2 rings (SSSR count). The lowest BCUT2D eigenvalue weighted by molar-refractivity contribution is 0.0146. The number of benzene rings is 2. The number of hydrogen-bond donors (Lipinski definition) is 1. The highest BCUT2D eigenvalue weighted by Crippen LogP contribution is 2.34. The van der Waals surface area contributed by atoms with Gasteiger partial charge in [-0.3, -0.25) is 0 Å². The first-order valence-electron chi connectivity index (χ1n) is 7.46. The van der Waals surface area contributed by atoms with E-state index in [1.807, 2.05) is 43.3 Å². The number of aliphatic hydroxyl groups excluding tert-OH is 1. The Kier molecular flexibility index (Phi) is 5.54. The molecular formula is C19H24O2. The van der Waals surface area contributed by atoms with Crippen LogP contribution in [0.4, 0.5) is 0 Å². The first-order chi connectivity index (χ1) is 10.1. The molecule has 0 aliphatic rings. The van der Waals surface area contributed by atoms with Crippen LogP contribution in [-0.2, 0) is 4.74 Å². The molecule has 2 heteroatoms.